The first-order valence-electron chi connectivity index (χ1n) is 4.85. The molecule has 0 aliphatic carbocycles. The molecule has 0 spiro atoms. The van der Waals surface area contributed by atoms with E-state index in [0.717, 1.165) is 11.8 Å². The van der Waals surface area contributed by atoms with Crippen molar-refractivity contribution in [2.24, 2.45) is 5.73 Å². The van der Waals surface area contributed by atoms with Gasteiger partial charge in [-0.3, -0.25) is 4.79 Å². The maximum absolute atomic E-state index is 11.6. The van der Waals surface area contributed by atoms with Crippen molar-refractivity contribution in [1.29, 1.82) is 0 Å². The first-order valence-corrected chi connectivity index (χ1v) is 7.86. The van der Waals surface area contributed by atoms with Gasteiger partial charge in [0.1, 0.15) is 9.84 Å². The quantitative estimate of drug-likeness (QED) is 0.814. The lowest BCUT2D eigenvalue weighted by atomic mass is 10.1. The second kappa shape index (κ2) is 5.56. The molecule has 0 aliphatic heterocycles. The molecule has 90 valence electrons. The van der Waals surface area contributed by atoms with Crippen LogP contribution in [0.1, 0.15) is 12.0 Å². The van der Waals surface area contributed by atoms with Crippen LogP contribution in [0.5, 0.6) is 0 Å². The molecule has 1 atom stereocenters. The van der Waals surface area contributed by atoms with Crippen molar-refractivity contribution < 1.29 is 13.2 Å². The minimum atomic E-state index is -3.04. The number of ketones is 1. The molecule has 0 fully saturated rings. The highest BCUT2D eigenvalue weighted by molar-refractivity contribution is 7.90. The zero-order valence-corrected chi connectivity index (χ0v) is 10.7. The number of sulfone groups is 1. The van der Waals surface area contributed by atoms with E-state index < -0.39 is 15.9 Å². The Kier molecular flexibility index (Phi) is 4.64. The molecule has 0 aromatic carbocycles. The maximum Gasteiger partial charge on any atom is 0.153 e. The van der Waals surface area contributed by atoms with Crippen LogP contribution in [0, 0.1) is 0 Å². The van der Waals surface area contributed by atoms with Crippen LogP contribution in [0.2, 0.25) is 0 Å². The van der Waals surface area contributed by atoms with Gasteiger partial charge in [0, 0.05) is 12.7 Å². The van der Waals surface area contributed by atoms with E-state index in [1.807, 2.05) is 16.8 Å². The number of nitrogens with two attached hydrogens (primary N) is 1. The molecule has 16 heavy (non-hydrogen) atoms. The molecule has 0 amide bonds. The van der Waals surface area contributed by atoms with Crippen LogP contribution in [0.25, 0.3) is 0 Å². The Morgan fingerprint density at radius 2 is 2.25 bits per heavy atom. The molecule has 4 nitrogen and oxygen atoms in total. The molecule has 0 bridgehead atoms. The third-order valence-electron chi connectivity index (χ3n) is 2.17. The second-order valence-corrected chi connectivity index (χ2v) is 6.84. The van der Waals surface area contributed by atoms with Crippen LogP contribution in [-0.2, 0) is 21.1 Å². The molecule has 0 saturated carbocycles. The summed E-state index contributed by atoms with van der Waals surface area (Å²) in [6.45, 7) is 0. The Balaban J connectivity index is 2.42. The molecule has 2 N–H and O–H groups in total. The van der Waals surface area contributed by atoms with Gasteiger partial charge in [0.25, 0.3) is 0 Å². The van der Waals surface area contributed by atoms with Crippen LogP contribution >= 0.6 is 11.3 Å². The van der Waals surface area contributed by atoms with Crippen molar-refractivity contribution >= 4 is 27.0 Å². The summed E-state index contributed by atoms with van der Waals surface area (Å²) < 4.78 is 21.8. The van der Waals surface area contributed by atoms with Gasteiger partial charge in [-0.05, 0) is 28.8 Å². The molecule has 1 aromatic rings. The Hall–Kier alpha value is -0.720. The number of hydrogen-bond donors (Lipinski definition) is 1. The van der Waals surface area contributed by atoms with E-state index in [9.17, 15) is 13.2 Å². The Bertz CT molecular complexity index is 437. The second-order valence-electron chi connectivity index (χ2n) is 3.80. The van der Waals surface area contributed by atoms with Crippen molar-refractivity contribution in [3.8, 4) is 0 Å². The average Bonchev–Trinajstić information content (AvgIpc) is 2.65. The van der Waals surface area contributed by atoms with Crippen LogP contribution in [0.3, 0.4) is 0 Å². The standard InChI is InChI=1S/C10H15NO3S2/c1-16(13,14)5-3-9(11)10(12)6-8-2-4-15-7-8/h2,4,7,9H,3,5-6,11H2,1H3. The SMILES string of the molecule is CS(=O)(=O)CCC(N)C(=O)Cc1ccsc1. The average molecular weight is 261 g/mol. The van der Waals surface area contributed by atoms with E-state index in [1.54, 1.807) is 0 Å². The monoisotopic (exact) mass is 261 g/mol. The first-order chi connectivity index (χ1) is 7.38. The summed E-state index contributed by atoms with van der Waals surface area (Å²) in [5.41, 5.74) is 6.57. The number of Topliss-reactive ketones (excluding diaryl/α,β-unsaturated/α-hetero) is 1. The molecule has 0 aliphatic rings. The van der Waals surface area contributed by atoms with Gasteiger partial charge in [-0.2, -0.15) is 11.3 Å². The largest absolute Gasteiger partial charge is 0.321 e. The summed E-state index contributed by atoms with van der Waals surface area (Å²) >= 11 is 1.52. The number of thiophene rings is 1. The summed E-state index contributed by atoms with van der Waals surface area (Å²) in [4.78, 5) is 11.6. The number of hydrogen-bond acceptors (Lipinski definition) is 5. The topological polar surface area (TPSA) is 77.2 Å². The Labute approximate surface area is 99.4 Å². The highest BCUT2D eigenvalue weighted by atomic mass is 32.2. The lowest BCUT2D eigenvalue weighted by molar-refractivity contribution is -0.119. The normalized spacial score (nSPS) is 13.6. The van der Waals surface area contributed by atoms with Crippen molar-refractivity contribution in [2.45, 2.75) is 18.9 Å². The highest BCUT2D eigenvalue weighted by Gasteiger charge is 2.16. The molecule has 0 saturated heterocycles. The van der Waals surface area contributed by atoms with E-state index in [1.165, 1.54) is 11.3 Å². The first kappa shape index (κ1) is 13.3. The van der Waals surface area contributed by atoms with Gasteiger partial charge in [-0.15, -0.1) is 0 Å². The summed E-state index contributed by atoms with van der Waals surface area (Å²) in [5.74, 6) is -0.147. The molecule has 0 radical (unpaired) electrons. The zero-order valence-electron chi connectivity index (χ0n) is 9.05. The Morgan fingerprint density at radius 1 is 1.56 bits per heavy atom. The van der Waals surface area contributed by atoms with Gasteiger partial charge in [0.05, 0.1) is 11.8 Å². The predicted molar refractivity (Wildman–Crippen MR) is 65.3 cm³/mol. The van der Waals surface area contributed by atoms with Gasteiger partial charge in [-0.1, -0.05) is 0 Å². The lowest BCUT2D eigenvalue weighted by Gasteiger charge is -2.08. The molecule has 1 aromatic heterocycles. The minimum absolute atomic E-state index is 0.0382. The number of rotatable bonds is 6. The van der Waals surface area contributed by atoms with Crippen LogP contribution in [0.15, 0.2) is 16.8 Å². The molecule has 1 rings (SSSR count). The van der Waals surface area contributed by atoms with E-state index >= 15 is 0 Å². The smallest absolute Gasteiger partial charge is 0.153 e. The Morgan fingerprint density at radius 3 is 2.75 bits per heavy atom. The van der Waals surface area contributed by atoms with Gasteiger partial charge >= 0.3 is 0 Å². The minimum Gasteiger partial charge on any atom is -0.321 e. The lowest BCUT2D eigenvalue weighted by Crippen LogP contribution is -2.33. The fourth-order valence-electron chi connectivity index (χ4n) is 1.23. The van der Waals surface area contributed by atoms with Crippen molar-refractivity contribution in [2.75, 3.05) is 12.0 Å². The number of carbonyl (C=O) groups excluding carboxylic acids is 1. The third kappa shape index (κ3) is 4.87. The summed E-state index contributed by atoms with van der Waals surface area (Å²) in [6, 6.07) is 1.18. The fourth-order valence-corrected chi connectivity index (χ4v) is 2.58. The molecule has 6 heteroatoms. The van der Waals surface area contributed by atoms with E-state index in [-0.39, 0.29) is 24.4 Å². The molecular weight excluding hydrogens is 246 g/mol. The summed E-state index contributed by atoms with van der Waals surface area (Å²) in [5, 5.41) is 3.78. The molecule has 1 heterocycles. The van der Waals surface area contributed by atoms with Crippen LogP contribution in [-0.4, -0.2) is 32.3 Å². The third-order valence-corrected chi connectivity index (χ3v) is 3.88. The van der Waals surface area contributed by atoms with Crippen LogP contribution < -0.4 is 5.73 Å². The summed E-state index contributed by atoms with van der Waals surface area (Å²) in [7, 11) is -3.04. The number of carbonyl (C=O) groups is 1. The zero-order chi connectivity index (χ0) is 12.2. The van der Waals surface area contributed by atoms with Crippen molar-refractivity contribution in [3.05, 3.63) is 22.4 Å². The fraction of sp³-hybridized carbons (Fsp3) is 0.500. The van der Waals surface area contributed by atoms with Gasteiger partial charge in [-0.25, -0.2) is 8.42 Å². The predicted octanol–water partition coefficient (Wildman–Crippen LogP) is 0.622. The van der Waals surface area contributed by atoms with Gasteiger partial charge < -0.3 is 5.73 Å². The van der Waals surface area contributed by atoms with Gasteiger partial charge in [0.2, 0.25) is 0 Å². The summed E-state index contributed by atoms with van der Waals surface area (Å²) in [6.07, 6.45) is 1.62. The molecule has 1 unspecified atom stereocenters. The molecular formula is C10H15NO3S2. The van der Waals surface area contributed by atoms with Crippen molar-refractivity contribution in [3.63, 3.8) is 0 Å². The maximum atomic E-state index is 11.6. The van der Waals surface area contributed by atoms with E-state index in [4.69, 9.17) is 5.73 Å². The van der Waals surface area contributed by atoms with Crippen LogP contribution in [0.4, 0.5) is 0 Å². The van der Waals surface area contributed by atoms with E-state index in [0.29, 0.717) is 0 Å². The van der Waals surface area contributed by atoms with E-state index in [2.05, 4.69) is 0 Å². The van der Waals surface area contributed by atoms with Gasteiger partial charge in [0.15, 0.2) is 5.78 Å². The highest BCUT2D eigenvalue weighted by Crippen LogP contribution is 2.08. The van der Waals surface area contributed by atoms with Crippen molar-refractivity contribution in [1.82, 2.24) is 0 Å².